The lowest BCUT2D eigenvalue weighted by molar-refractivity contribution is -0.132. The molecule has 0 bridgehead atoms. The van der Waals surface area contributed by atoms with Crippen molar-refractivity contribution >= 4 is 46.5 Å². The SMILES string of the molecule is COc1ccc(/C(O)=C2\C(=O)C(=O)N(c3ccccn3)[C@@H]2c2ccc(Cl)cc2)cc1Cl. The summed E-state index contributed by atoms with van der Waals surface area (Å²) < 4.78 is 5.14. The van der Waals surface area contributed by atoms with Gasteiger partial charge in [0.05, 0.1) is 23.7 Å². The Hall–Kier alpha value is -3.35. The van der Waals surface area contributed by atoms with Crippen LogP contribution in [0.1, 0.15) is 17.2 Å². The van der Waals surface area contributed by atoms with Crippen molar-refractivity contribution < 1.29 is 19.4 Å². The minimum Gasteiger partial charge on any atom is -0.507 e. The fraction of sp³-hybridized carbons (Fsp3) is 0.0870. The number of carbonyl (C=O) groups is 2. The third-order valence-corrected chi connectivity index (χ3v) is 5.50. The first-order valence-corrected chi connectivity index (χ1v) is 9.99. The summed E-state index contributed by atoms with van der Waals surface area (Å²) in [6.45, 7) is 0. The molecular weight excluding hydrogens is 439 g/mol. The summed E-state index contributed by atoms with van der Waals surface area (Å²) in [5.74, 6) is -1.26. The first-order valence-electron chi connectivity index (χ1n) is 9.23. The Bertz CT molecular complexity index is 1190. The predicted molar refractivity (Wildman–Crippen MR) is 118 cm³/mol. The number of aliphatic hydroxyl groups excluding tert-OH is 1. The van der Waals surface area contributed by atoms with Crippen LogP contribution in [-0.4, -0.2) is 28.9 Å². The van der Waals surface area contributed by atoms with E-state index in [1.54, 1.807) is 54.6 Å². The van der Waals surface area contributed by atoms with Gasteiger partial charge in [0.2, 0.25) is 0 Å². The zero-order valence-electron chi connectivity index (χ0n) is 16.3. The molecule has 0 spiro atoms. The van der Waals surface area contributed by atoms with Crippen LogP contribution in [0.3, 0.4) is 0 Å². The molecule has 1 aromatic heterocycles. The van der Waals surface area contributed by atoms with Crippen molar-refractivity contribution in [3.8, 4) is 5.75 Å². The van der Waals surface area contributed by atoms with Gasteiger partial charge in [-0.2, -0.15) is 0 Å². The van der Waals surface area contributed by atoms with E-state index in [-0.39, 0.29) is 27.7 Å². The maximum atomic E-state index is 13.0. The van der Waals surface area contributed by atoms with Crippen molar-refractivity contribution in [2.75, 3.05) is 12.0 Å². The molecule has 156 valence electrons. The fourth-order valence-electron chi connectivity index (χ4n) is 3.49. The Labute approximate surface area is 188 Å². The van der Waals surface area contributed by atoms with Crippen molar-refractivity contribution in [2.24, 2.45) is 0 Å². The third-order valence-electron chi connectivity index (χ3n) is 4.95. The van der Waals surface area contributed by atoms with Crippen molar-refractivity contribution in [3.05, 3.63) is 93.6 Å². The van der Waals surface area contributed by atoms with Gasteiger partial charge in [-0.3, -0.25) is 14.5 Å². The number of carbonyl (C=O) groups excluding carboxylic acids is 2. The number of aliphatic hydroxyl groups is 1. The highest BCUT2D eigenvalue weighted by Gasteiger charge is 2.47. The number of anilines is 1. The molecule has 0 radical (unpaired) electrons. The second-order valence-electron chi connectivity index (χ2n) is 6.76. The van der Waals surface area contributed by atoms with Gasteiger partial charge in [-0.05, 0) is 48.0 Å². The smallest absolute Gasteiger partial charge is 0.301 e. The van der Waals surface area contributed by atoms with Crippen LogP contribution in [0, 0.1) is 0 Å². The summed E-state index contributed by atoms with van der Waals surface area (Å²) in [4.78, 5) is 31.5. The first-order chi connectivity index (χ1) is 14.9. The number of amides is 1. The summed E-state index contributed by atoms with van der Waals surface area (Å²) in [5.41, 5.74) is 0.804. The quantitative estimate of drug-likeness (QED) is 0.340. The molecule has 31 heavy (non-hydrogen) atoms. The van der Waals surface area contributed by atoms with Gasteiger partial charge in [0.25, 0.3) is 5.78 Å². The van der Waals surface area contributed by atoms with Crippen LogP contribution in [0.5, 0.6) is 5.75 Å². The molecule has 1 aliphatic rings. The zero-order valence-corrected chi connectivity index (χ0v) is 17.8. The Morgan fingerprint density at radius 2 is 1.81 bits per heavy atom. The van der Waals surface area contributed by atoms with Gasteiger partial charge in [0.1, 0.15) is 17.3 Å². The number of aromatic nitrogens is 1. The number of hydrogen-bond acceptors (Lipinski definition) is 5. The van der Waals surface area contributed by atoms with E-state index in [2.05, 4.69) is 4.98 Å². The highest BCUT2D eigenvalue weighted by atomic mass is 35.5. The standard InChI is InChI=1S/C23H16Cl2N2O4/c1-31-17-10-7-14(12-16(17)25)21(28)19-20(13-5-8-15(24)9-6-13)27(23(30)22(19)29)18-4-2-3-11-26-18/h2-12,20,28H,1H3/b21-19+/t20-/m1/s1. The molecule has 0 aliphatic carbocycles. The molecule has 1 aliphatic heterocycles. The van der Waals surface area contributed by atoms with Gasteiger partial charge in [-0.1, -0.05) is 41.4 Å². The number of ether oxygens (including phenoxy) is 1. The minimum atomic E-state index is -0.895. The molecule has 1 N–H and O–H groups in total. The van der Waals surface area contributed by atoms with Gasteiger partial charge < -0.3 is 9.84 Å². The van der Waals surface area contributed by atoms with E-state index in [1.165, 1.54) is 24.3 Å². The summed E-state index contributed by atoms with van der Waals surface area (Å²) >= 11 is 12.2. The summed E-state index contributed by atoms with van der Waals surface area (Å²) in [5, 5.41) is 11.8. The number of nitrogens with zero attached hydrogens (tertiary/aromatic N) is 2. The van der Waals surface area contributed by atoms with E-state index in [0.29, 0.717) is 16.3 Å². The molecular formula is C23H16Cl2N2O4. The molecule has 8 heteroatoms. The van der Waals surface area contributed by atoms with Gasteiger partial charge >= 0.3 is 5.91 Å². The van der Waals surface area contributed by atoms with Crippen molar-refractivity contribution in [1.82, 2.24) is 4.98 Å². The molecule has 1 fully saturated rings. The second kappa shape index (κ2) is 8.41. The number of halogens is 2. The van der Waals surface area contributed by atoms with Crippen LogP contribution in [0.2, 0.25) is 10.0 Å². The van der Waals surface area contributed by atoms with Gasteiger partial charge in [-0.15, -0.1) is 0 Å². The molecule has 1 amide bonds. The minimum absolute atomic E-state index is 0.0702. The van der Waals surface area contributed by atoms with E-state index in [9.17, 15) is 14.7 Å². The van der Waals surface area contributed by atoms with E-state index in [0.717, 1.165) is 0 Å². The number of benzene rings is 2. The summed E-state index contributed by atoms with van der Waals surface area (Å²) in [6.07, 6.45) is 1.52. The highest BCUT2D eigenvalue weighted by Crippen LogP contribution is 2.42. The molecule has 3 aromatic rings. The van der Waals surface area contributed by atoms with E-state index >= 15 is 0 Å². The Morgan fingerprint density at radius 1 is 1.06 bits per heavy atom. The van der Waals surface area contributed by atoms with Gasteiger partial charge in [-0.25, -0.2) is 4.98 Å². The van der Waals surface area contributed by atoms with Crippen LogP contribution < -0.4 is 9.64 Å². The Kier molecular flexibility index (Phi) is 5.67. The highest BCUT2D eigenvalue weighted by molar-refractivity contribution is 6.51. The zero-order chi connectivity index (χ0) is 22.1. The normalized spacial score (nSPS) is 17.8. The monoisotopic (exact) mass is 454 g/mol. The van der Waals surface area contributed by atoms with Crippen molar-refractivity contribution in [3.63, 3.8) is 0 Å². The van der Waals surface area contributed by atoms with Crippen LogP contribution in [0.4, 0.5) is 5.82 Å². The average molecular weight is 455 g/mol. The number of ketones is 1. The van der Waals surface area contributed by atoms with Gasteiger partial charge in [0.15, 0.2) is 0 Å². The van der Waals surface area contributed by atoms with Crippen molar-refractivity contribution in [1.29, 1.82) is 0 Å². The lowest BCUT2D eigenvalue weighted by Gasteiger charge is -2.24. The number of Topliss-reactive ketones (excluding diaryl/α,β-unsaturated/α-hetero) is 1. The van der Waals surface area contributed by atoms with Gasteiger partial charge in [0, 0.05) is 16.8 Å². The molecule has 4 rings (SSSR count). The van der Waals surface area contributed by atoms with E-state index in [4.69, 9.17) is 27.9 Å². The maximum Gasteiger partial charge on any atom is 0.301 e. The lowest BCUT2D eigenvalue weighted by atomic mass is 9.95. The predicted octanol–water partition coefficient (Wildman–Crippen LogP) is 5.02. The molecule has 2 aromatic carbocycles. The summed E-state index contributed by atoms with van der Waals surface area (Å²) in [6, 6.07) is 15.5. The third kappa shape index (κ3) is 3.76. The van der Waals surface area contributed by atoms with E-state index in [1.807, 2.05) is 0 Å². The molecule has 2 heterocycles. The number of methoxy groups -OCH3 is 1. The molecule has 6 nitrogen and oxygen atoms in total. The molecule has 0 saturated carbocycles. The van der Waals surface area contributed by atoms with Crippen LogP contribution in [0.15, 0.2) is 72.4 Å². The first kappa shape index (κ1) is 20.9. The largest absolute Gasteiger partial charge is 0.507 e. The molecule has 1 atom stereocenters. The maximum absolute atomic E-state index is 13.0. The molecule has 1 saturated heterocycles. The average Bonchev–Trinajstić information content (AvgIpc) is 3.05. The number of hydrogen-bond donors (Lipinski definition) is 1. The molecule has 0 unspecified atom stereocenters. The topological polar surface area (TPSA) is 79.7 Å². The Balaban J connectivity index is 1.93. The Morgan fingerprint density at radius 3 is 2.42 bits per heavy atom. The van der Waals surface area contributed by atoms with Crippen LogP contribution in [0.25, 0.3) is 5.76 Å². The van der Waals surface area contributed by atoms with Crippen molar-refractivity contribution in [2.45, 2.75) is 6.04 Å². The summed E-state index contributed by atoms with van der Waals surface area (Å²) in [7, 11) is 1.47. The van der Waals surface area contributed by atoms with Crippen LogP contribution >= 0.6 is 23.2 Å². The second-order valence-corrected chi connectivity index (χ2v) is 7.60. The van der Waals surface area contributed by atoms with E-state index < -0.39 is 17.7 Å². The van der Waals surface area contributed by atoms with Crippen LogP contribution in [-0.2, 0) is 9.59 Å². The lowest BCUT2D eigenvalue weighted by Crippen LogP contribution is -2.30. The number of rotatable bonds is 4. The number of pyridine rings is 1. The fourth-order valence-corrected chi connectivity index (χ4v) is 3.88.